The molecule has 3 heteroatoms. The van der Waals surface area contributed by atoms with E-state index in [2.05, 4.69) is 17.1 Å². The van der Waals surface area contributed by atoms with Crippen LogP contribution in [0, 0.1) is 0 Å². The number of hydrogen-bond acceptors (Lipinski definition) is 3. The second-order valence-corrected chi connectivity index (χ2v) is 4.24. The van der Waals surface area contributed by atoms with Gasteiger partial charge in [-0.1, -0.05) is 0 Å². The summed E-state index contributed by atoms with van der Waals surface area (Å²) in [6.07, 6.45) is 3.08. The van der Waals surface area contributed by atoms with E-state index in [4.69, 9.17) is 4.74 Å². The first-order valence-electron chi connectivity index (χ1n) is 5.34. The molecule has 0 aromatic heterocycles. The summed E-state index contributed by atoms with van der Waals surface area (Å²) in [5.74, 6) is 0. The van der Waals surface area contributed by atoms with Crippen molar-refractivity contribution in [3.8, 4) is 0 Å². The maximum absolute atomic E-state index is 5.84. The lowest BCUT2D eigenvalue weighted by molar-refractivity contribution is -0.0608. The Labute approximate surface area is 80.4 Å². The largest absolute Gasteiger partial charge is 0.374 e. The van der Waals surface area contributed by atoms with E-state index in [9.17, 15) is 0 Å². The van der Waals surface area contributed by atoms with Gasteiger partial charge in [-0.3, -0.25) is 4.90 Å². The second kappa shape index (κ2) is 3.95. The molecule has 3 unspecified atom stereocenters. The molecule has 13 heavy (non-hydrogen) atoms. The molecule has 3 nitrogen and oxygen atoms in total. The van der Waals surface area contributed by atoms with Gasteiger partial charge in [0.05, 0.1) is 12.7 Å². The quantitative estimate of drug-likeness (QED) is 0.674. The highest BCUT2D eigenvalue weighted by Crippen LogP contribution is 2.23. The third-order valence-corrected chi connectivity index (χ3v) is 3.43. The standard InChI is InChI=1S/C10H20N2O/c1-8(11-2)10-6-12-5-3-4-9(12)7-13-10/h8-11H,3-7H2,1-2H3. The van der Waals surface area contributed by atoms with Crippen molar-refractivity contribution in [2.45, 2.75) is 38.0 Å². The van der Waals surface area contributed by atoms with Crippen LogP contribution < -0.4 is 5.32 Å². The number of likely N-dealkylation sites (N-methyl/N-ethyl adjacent to an activating group) is 1. The molecule has 0 radical (unpaired) electrons. The van der Waals surface area contributed by atoms with Crippen LogP contribution in [0.3, 0.4) is 0 Å². The molecule has 2 rings (SSSR count). The van der Waals surface area contributed by atoms with Crippen molar-refractivity contribution in [1.82, 2.24) is 10.2 Å². The van der Waals surface area contributed by atoms with Gasteiger partial charge in [-0.15, -0.1) is 0 Å². The molecule has 2 aliphatic heterocycles. The van der Waals surface area contributed by atoms with Gasteiger partial charge < -0.3 is 10.1 Å². The summed E-state index contributed by atoms with van der Waals surface area (Å²) < 4.78 is 5.84. The summed E-state index contributed by atoms with van der Waals surface area (Å²) in [5.41, 5.74) is 0. The van der Waals surface area contributed by atoms with Crippen LogP contribution in [0.1, 0.15) is 19.8 Å². The second-order valence-electron chi connectivity index (χ2n) is 4.24. The van der Waals surface area contributed by atoms with Gasteiger partial charge in [0, 0.05) is 18.6 Å². The third-order valence-electron chi connectivity index (χ3n) is 3.43. The number of morpholine rings is 1. The zero-order valence-corrected chi connectivity index (χ0v) is 8.62. The van der Waals surface area contributed by atoms with E-state index < -0.39 is 0 Å². The van der Waals surface area contributed by atoms with Crippen LogP contribution in [0.25, 0.3) is 0 Å². The van der Waals surface area contributed by atoms with Crippen molar-refractivity contribution in [3.63, 3.8) is 0 Å². The maximum atomic E-state index is 5.84. The average Bonchev–Trinajstić information content (AvgIpc) is 2.63. The summed E-state index contributed by atoms with van der Waals surface area (Å²) in [5, 5.41) is 3.26. The minimum absolute atomic E-state index is 0.388. The smallest absolute Gasteiger partial charge is 0.0852 e. The first-order valence-corrected chi connectivity index (χ1v) is 5.34. The Kier molecular flexibility index (Phi) is 2.86. The molecule has 2 fully saturated rings. The van der Waals surface area contributed by atoms with Gasteiger partial charge in [0.1, 0.15) is 0 Å². The average molecular weight is 184 g/mol. The lowest BCUT2D eigenvalue weighted by Crippen LogP contribution is -2.52. The fourth-order valence-electron chi connectivity index (χ4n) is 2.33. The van der Waals surface area contributed by atoms with Crippen molar-refractivity contribution < 1.29 is 4.74 Å². The molecule has 2 heterocycles. The van der Waals surface area contributed by atoms with Crippen molar-refractivity contribution >= 4 is 0 Å². The minimum atomic E-state index is 0.388. The van der Waals surface area contributed by atoms with E-state index in [1.165, 1.54) is 19.4 Å². The van der Waals surface area contributed by atoms with Gasteiger partial charge in [-0.2, -0.15) is 0 Å². The number of ether oxygens (including phenoxy) is 1. The molecule has 0 bridgehead atoms. The molecule has 1 N–H and O–H groups in total. The maximum Gasteiger partial charge on any atom is 0.0852 e. The highest BCUT2D eigenvalue weighted by atomic mass is 16.5. The Morgan fingerprint density at radius 2 is 2.38 bits per heavy atom. The summed E-state index contributed by atoms with van der Waals surface area (Å²) in [6.45, 7) is 5.53. The van der Waals surface area contributed by atoms with E-state index in [1.807, 2.05) is 7.05 Å². The SMILES string of the molecule is CNC(C)C1CN2CCCC2CO1. The predicted molar refractivity (Wildman–Crippen MR) is 52.9 cm³/mol. The number of rotatable bonds is 2. The van der Waals surface area contributed by atoms with Crippen molar-refractivity contribution in [2.24, 2.45) is 0 Å². The number of hydrogen-bond donors (Lipinski definition) is 1. The summed E-state index contributed by atoms with van der Waals surface area (Å²) in [4.78, 5) is 2.59. The normalized spacial score (nSPS) is 37.4. The topological polar surface area (TPSA) is 24.5 Å². The van der Waals surface area contributed by atoms with Crippen LogP contribution in [0.2, 0.25) is 0 Å². The predicted octanol–water partition coefficient (Wildman–Crippen LogP) is 0.457. The molecule has 76 valence electrons. The third kappa shape index (κ3) is 1.87. The molecule has 3 atom stereocenters. The number of nitrogens with one attached hydrogen (secondary N) is 1. The van der Waals surface area contributed by atoms with Gasteiger partial charge in [0.15, 0.2) is 0 Å². The summed E-state index contributed by atoms with van der Waals surface area (Å²) >= 11 is 0. The number of fused-ring (bicyclic) bond motifs is 1. The molecule has 0 aliphatic carbocycles. The molecule has 0 aromatic rings. The fraction of sp³-hybridized carbons (Fsp3) is 1.00. The van der Waals surface area contributed by atoms with Gasteiger partial charge in [0.25, 0.3) is 0 Å². The highest BCUT2D eigenvalue weighted by Gasteiger charge is 2.33. The Hall–Kier alpha value is -0.120. The summed E-state index contributed by atoms with van der Waals surface area (Å²) in [7, 11) is 2.00. The van der Waals surface area contributed by atoms with Crippen molar-refractivity contribution in [3.05, 3.63) is 0 Å². The Morgan fingerprint density at radius 1 is 1.54 bits per heavy atom. The van der Waals surface area contributed by atoms with E-state index in [0.29, 0.717) is 12.1 Å². The molecule has 2 aliphatic rings. The van der Waals surface area contributed by atoms with E-state index >= 15 is 0 Å². The van der Waals surface area contributed by atoms with Crippen LogP contribution in [-0.2, 0) is 4.74 Å². The molecular weight excluding hydrogens is 164 g/mol. The zero-order valence-electron chi connectivity index (χ0n) is 8.62. The Bertz CT molecular complexity index is 174. The number of nitrogens with zero attached hydrogens (tertiary/aromatic N) is 1. The molecular formula is C10H20N2O. The van der Waals surface area contributed by atoms with Crippen LogP contribution in [-0.4, -0.2) is 49.8 Å². The molecule has 0 spiro atoms. The van der Waals surface area contributed by atoms with Crippen molar-refractivity contribution in [1.29, 1.82) is 0 Å². The molecule has 2 saturated heterocycles. The zero-order chi connectivity index (χ0) is 9.26. The van der Waals surface area contributed by atoms with Crippen LogP contribution >= 0.6 is 0 Å². The van der Waals surface area contributed by atoms with Gasteiger partial charge in [-0.25, -0.2) is 0 Å². The molecule has 0 aromatic carbocycles. The fourth-order valence-corrected chi connectivity index (χ4v) is 2.33. The van der Waals surface area contributed by atoms with Gasteiger partial charge >= 0.3 is 0 Å². The van der Waals surface area contributed by atoms with Gasteiger partial charge in [0.2, 0.25) is 0 Å². The minimum Gasteiger partial charge on any atom is -0.374 e. The van der Waals surface area contributed by atoms with Crippen LogP contribution in [0.15, 0.2) is 0 Å². The highest BCUT2D eigenvalue weighted by molar-refractivity contribution is 4.88. The van der Waals surface area contributed by atoms with Crippen LogP contribution in [0.5, 0.6) is 0 Å². The first-order chi connectivity index (χ1) is 6.31. The first kappa shape index (κ1) is 9.44. The Balaban J connectivity index is 1.89. The monoisotopic (exact) mass is 184 g/mol. The van der Waals surface area contributed by atoms with Crippen LogP contribution in [0.4, 0.5) is 0 Å². The molecule has 0 saturated carbocycles. The molecule has 0 amide bonds. The summed E-state index contributed by atoms with van der Waals surface area (Å²) in [6, 6.07) is 1.20. The van der Waals surface area contributed by atoms with E-state index in [0.717, 1.165) is 19.2 Å². The lowest BCUT2D eigenvalue weighted by atomic mass is 10.1. The van der Waals surface area contributed by atoms with Gasteiger partial charge in [-0.05, 0) is 33.4 Å². The Morgan fingerprint density at radius 3 is 3.15 bits per heavy atom. The van der Waals surface area contributed by atoms with E-state index in [-0.39, 0.29) is 0 Å². The van der Waals surface area contributed by atoms with E-state index in [1.54, 1.807) is 0 Å². The lowest BCUT2D eigenvalue weighted by Gasteiger charge is -2.37. The van der Waals surface area contributed by atoms with Crippen molar-refractivity contribution in [2.75, 3.05) is 26.7 Å².